The van der Waals surface area contributed by atoms with E-state index in [1.54, 1.807) is 6.92 Å². The van der Waals surface area contributed by atoms with Gasteiger partial charge in [-0.05, 0) is 12.5 Å². The number of nitrogens with zero attached hydrogens (tertiary/aromatic N) is 2. The van der Waals surface area contributed by atoms with Gasteiger partial charge in [0, 0.05) is 18.0 Å². The van der Waals surface area contributed by atoms with E-state index in [9.17, 15) is 14.9 Å². The normalized spacial score (nSPS) is 22.1. The van der Waals surface area contributed by atoms with Gasteiger partial charge in [0.15, 0.2) is 0 Å². The van der Waals surface area contributed by atoms with Gasteiger partial charge in [-0.25, -0.2) is 0 Å². The number of esters is 1. The quantitative estimate of drug-likeness (QED) is 0.453. The minimum atomic E-state index is -0.696. The smallest absolute Gasteiger partial charge is 0.306 e. The molecule has 0 saturated carbocycles. The summed E-state index contributed by atoms with van der Waals surface area (Å²) >= 11 is 0. The molecule has 0 amide bonds. The van der Waals surface area contributed by atoms with Gasteiger partial charge in [0.05, 0.1) is 25.5 Å². The molecule has 1 saturated heterocycles. The first-order valence-corrected chi connectivity index (χ1v) is 7.15. The highest BCUT2D eigenvalue weighted by Crippen LogP contribution is 2.24. The molecule has 1 fully saturated rings. The third-order valence-electron chi connectivity index (χ3n) is 3.74. The molecule has 0 radical (unpaired) electrons. The summed E-state index contributed by atoms with van der Waals surface area (Å²) in [6.45, 7) is 3.65. The minimum Gasteiger partial charge on any atom is -0.466 e. The maximum atomic E-state index is 11.6. The fourth-order valence-electron chi connectivity index (χ4n) is 2.79. The lowest BCUT2D eigenvalue weighted by atomic mass is 10.0. The van der Waals surface area contributed by atoms with Crippen LogP contribution < -0.4 is 0 Å². The number of ether oxygens (including phenoxy) is 1. The van der Waals surface area contributed by atoms with Gasteiger partial charge in [0.2, 0.25) is 6.04 Å². The van der Waals surface area contributed by atoms with Crippen molar-refractivity contribution in [2.24, 2.45) is 5.92 Å². The van der Waals surface area contributed by atoms with Crippen molar-refractivity contribution in [1.82, 2.24) is 4.90 Å². The van der Waals surface area contributed by atoms with E-state index >= 15 is 0 Å². The minimum absolute atomic E-state index is 0.116. The Balaban J connectivity index is 1.98. The zero-order valence-electron chi connectivity index (χ0n) is 12.1. The molecule has 1 heterocycles. The molecule has 0 aromatic heterocycles. The number of nitro groups is 1. The summed E-state index contributed by atoms with van der Waals surface area (Å²) in [5, 5.41) is 11.2. The monoisotopic (exact) mass is 292 g/mol. The van der Waals surface area contributed by atoms with Crippen molar-refractivity contribution in [2.45, 2.75) is 25.9 Å². The SMILES string of the molecule is CCOC(=O)CC1CN(Cc2ccccc2)CC1[N+](=O)[O-]. The fourth-order valence-corrected chi connectivity index (χ4v) is 2.79. The Morgan fingerprint density at radius 1 is 1.38 bits per heavy atom. The molecular weight excluding hydrogens is 272 g/mol. The summed E-state index contributed by atoms with van der Waals surface area (Å²) in [6, 6.07) is 9.15. The molecule has 6 nitrogen and oxygen atoms in total. The molecular formula is C15H20N2O4. The molecule has 2 rings (SSSR count). The average Bonchev–Trinajstić information content (AvgIpc) is 2.83. The van der Waals surface area contributed by atoms with Gasteiger partial charge in [0.1, 0.15) is 0 Å². The van der Waals surface area contributed by atoms with Crippen LogP contribution in [0, 0.1) is 16.0 Å². The van der Waals surface area contributed by atoms with E-state index in [1.807, 2.05) is 35.2 Å². The molecule has 6 heteroatoms. The maximum absolute atomic E-state index is 11.6. The molecule has 114 valence electrons. The summed E-state index contributed by atoms with van der Waals surface area (Å²) in [5.74, 6) is -0.626. The van der Waals surface area contributed by atoms with Crippen LogP contribution in [0.5, 0.6) is 0 Å². The zero-order valence-corrected chi connectivity index (χ0v) is 12.1. The number of benzene rings is 1. The van der Waals surface area contributed by atoms with Crippen LogP contribution in [-0.2, 0) is 16.1 Å². The second kappa shape index (κ2) is 7.17. The first kappa shape index (κ1) is 15.4. The van der Waals surface area contributed by atoms with Crippen LogP contribution in [0.3, 0.4) is 0 Å². The predicted molar refractivity (Wildman–Crippen MR) is 77.2 cm³/mol. The molecule has 1 aliphatic rings. The van der Waals surface area contributed by atoms with Gasteiger partial charge in [0.25, 0.3) is 0 Å². The topological polar surface area (TPSA) is 72.7 Å². The van der Waals surface area contributed by atoms with Gasteiger partial charge < -0.3 is 4.74 Å². The summed E-state index contributed by atoms with van der Waals surface area (Å²) in [4.78, 5) is 24.5. The lowest BCUT2D eigenvalue weighted by molar-refractivity contribution is -0.525. The van der Waals surface area contributed by atoms with Crippen molar-refractivity contribution in [1.29, 1.82) is 0 Å². The van der Waals surface area contributed by atoms with Crippen molar-refractivity contribution in [3.05, 3.63) is 46.0 Å². The number of carbonyl (C=O) groups is 1. The third-order valence-corrected chi connectivity index (χ3v) is 3.74. The predicted octanol–water partition coefficient (Wildman–Crippen LogP) is 1.72. The van der Waals surface area contributed by atoms with E-state index in [-0.39, 0.29) is 23.2 Å². The maximum Gasteiger partial charge on any atom is 0.306 e. The Morgan fingerprint density at radius 3 is 2.71 bits per heavy atom. The molecule has 1 aromatic carbocycles. The molecule has 1 aromatic rings. The van der Waals surface area contributed by atoms with E-state index < -0.39 is 6.04 Å². The van der Waals surface area contributed by atoms with Crippen LogP contribution >= 0.6 is 0 Å². The number of rotatable bonds is 6. The van der Waals surface area contributed by atoms with Gasteiger partial charge in [-0.2, -0.15) is 0 Å². The first-order chi connectivity index (χ1) is 10.1. The number of likely N-dealkylation sites (tertiary alicyclic amines) is 1. The highest BCUT2D eigenvalue weighted by atomic mass is 16.6. The molecule has 0 aliphatic carbocycles. The molecule has 1 aliphatic heterocycles. The van der Waals surface area contributed by atoms with Crippen molar-refractivity contribution in [2.75, 3.05) is 19.7 Å². The highest BCUT2D eigenvalue weighted by Gasteiger charge is 2.42. The number of hydrogen-bond donors (Lipinski definition) is 0. The Bertz CT molecular complexity index is 492. The molecule has 0 spiro atoms. The summed E-state index contributed by atoms with van der Waals surface area (Å²) in [6.07, 6.45) is 0.116. The molecule has 2 atom stereocenters. The molecule has 0 N–H and O–H groups in total. The second-order valence-electron chi connectivity index (χ2n) is 5.30. The van der Waals surface area contributed by atoms with E-state index in [0.29, 0.717) is 26.2 Å². The van der Waals surface area contributed by atoms with Crippen LogP contribution in [0.15, 0.2) is 30.3 Å². The Kier molecular flexibility index (Phi) is 5.27. The summed E-state index contributed by atoms with van der Waals surface area (Å²) in [7, 11) is 0. The summed E-state index contributed by atoms with van der Waals surface area (Å²) in [5.41, 5.74) is 1.12. The van der Waals surface area contributed by atoms with Gasteiger partial charge in [-0.1, -0.05) is 30.3 Å². The van der Waals surface area contributed by atoms with E-state index in [2.05, 4.69) is 0 Å². The van der Waals surface area contributed by atoms with Crippen LogP contribution in [-0.4, -0.2) is 41.5 Å². The second-order valence-corrected chi connectivity index (χ2v) is 5.30. The number of hydrogen-bond acceptors (Lipinski definition) is 5. The standard InChI is InChI=1S/C15H20N2O4/c1-2-21-15(18)8-13-10-16(11-14(13)17(19)20)9-12-6-4-3-5-7-12/h3-7,13-14H,2,8-11H2,1H3. The third kappa shape index (κ3) is 4.26. The molecule has 21 heavy (non-hydrogen) atoms. The van der Waals surface area contributed by atoms with E-state index in [4.69, 9.17) is 4.74 Å². The summed E-state index contributed by atoms with van der Waals surface area (Å²) < 4.78 is 4.91. The Morgan fingerprint density at radius 2 is 2.10 bits per heavy atom. The number of carbonyl (C=O) groups excluding carboxylic acids is 1. The van der Waals surface area contributed by atoms with Crippen LogP contribution in [0.1, 0.15) is 18.9 Å². The van der Waals surface area contributed by atoms with Crippen molar-refractivity contribution < 1.29 is 14.5 Å². The van der Waals surface area contributed by atoms with Crippen molar-refractivity contribution in [3.8, 4) is 0 Å². The van der Waals surface area contributed by atoms with Gasteiger partial charge in [-0.3, -0.25) is 19.8 Å². The average molecular weight is 292 g/mol. The molecule has 0 bridgehead atoms. The van der Waals surface area contributed by atoms with Crippen molar-refractivity contribution >= 4 is 5.97 Å². The fraction of sp³-hybridized carbons (Fsp3) is 0.533. The zero-order chi connectivity index (χ0) is 15.2. The van der Waals surface area contributed by atoms with Gasteiger partial charge >= 0.3 is 5.97 Å². The van der Waals surface area contributed by atoms with Crippen LogP contribution in [0.4, 0.5) is 0 Å². The van der Waals surface area contributed by atoms with E-state index in [1.165, 1.54) is 0 Å². The van der Waals surface area contributed by atoms with E-state index in [0.717, 1.165) is 5.56 Å². The van der Waals surface area contributed by atoms with Gasteiger partial charge in [-0.15, -0.1) is 0 Å². The Labute approximate surface area is 123 Å². The largest absolute Gasteiger partial charge is 0.466 e. The van der Waals surface area contributed by atoms with Crippen molar-refractivity contribution in [3.63, 3.8) is 0 Å². The highest BCUT2D eigenvalue weighted by molar-refractivity contribution is 5.69. The molecule has 2 unspecified atom stereocenters. The lowest BCUT2D eigenvalue weighted by Crippen LogP contribution is -2.30. The van der Waals surface area contributed by atoms with Crippen LogP contribution in [0.2, 0.25) is 0 Å². The lowest BCUT2D eigenvalue weighted by Gasteiger charge is -2.14. The van der Waals surface area contributed by atoms with Crippen LogP contribution in [0.25, 0.3) is 0 Å². The first-order valence-electron chi connectivity index (χ1n) is 7.15. The Hall–Kier alpha value is -1.95.